The number of halogens is 1. The van der Waals surface area contributed by atoms with Gasteiger partial charge < -0.3 is 19.7 Å². The fraction of sp³-hybridized carbons (Fsp3) is 0.222. The Morgan fingerprint density at radius 1 is 1.16 bits per heavy atom. The second-order valence-electron chi connectivity index (χ2n) is 5.82. The van der Waals surface area contributed by atoms with Crippen molar-refractivity contribution in [2.24, 2.45) is 0 Å². The van der Waals surface area contributed by atoms with Crippen molar-refractivity contribution in [3.05, 3.63) is 53.1 Å². The van der Waals surface area contributed by atoms with E-state index in [-0.39, 0.29) is 18.6 Å². The van der Waals surface area contributed by atoms with E-state index >= 15 is 0 Å². The molecule has 6 nitrogen and oxygen atoms in total. The molecule has 128 valence electrons. The summed E-state index contributed by atoms with van der Waals surface area (Å²) in [5.41, 5.74) is 1.14. The molecular formula is C18H15ClN2O4. The molecule has 1 unspecified atom stereocenters. The van der Waals surface area contributed by atoms with E-state index in [1.807, 2.05) is 0 Å². The number of nitrogens with one attached hydrogen (secondary N) is 1. The average Bonchev–Trinajstić information content (AvgIpc) is 3.23. The molecule has 25 heavy (non-hydrogen) atoms. The number of carbonyl (C=O) groups excluding carboxylic acids is 2. The van der Waals surface area contributed by atoms with Crippen LogP contribution in [0.1, 0.15) is 16.8 Å². The van der Waals surface area contributed by atoms with Crippen molar-refractivity contribution < 1.29 is 19.1 Å². The van der Waals surface area contributed by atoms with Gasteiger partial charge in [0.1, 0.15) is 6.04 Å². The minimum absolute atomic E-state index is 0.0896. The van der Waals surface area contributed by atoms with Crippen LogP contribution in [0, 0.1) is 0 Å². The van der Waals surface area contributed by atoms with Gasteiger partial charge in [0.25, 0.3) is 5.91 Å². The number of nitrogens with zero attached hydrogens (tertiary/aromatic N) is 1. The van der Waals surface area contributed by atoms with E-state index in [1.165, 1.54) is 0 Å². The SMILES string of the molecule is O=C(NC1CCN(c2ccc(Cl)cc2)C1=O)c1cccc2c1OCO2. The van der Waals surface area contributed by atoms with Gasteiger partial charge in [-0.15, -0.1) is 0 Å². The van der Waals surface area contributed by atoms with Gasteiger partial charge >= 0.3 is 0 Å². The minimum Gasteiger partial charge on any atom is -0.454 e. The fourth-order valence-corrected chi connectivity index (χ4v) is 3.16. The Balaban J connectivity index is 1.49. The first-order valence-electron chi connectivity index (χ1n) is 7.90. The van der Waals surface area contributed by atoms with E-state index in [9.17, 15) is 9.59 Å². The maximum Gasteiger partial charge on any atom is 0.255 e. The summed E-state index contributed by atoms with van der Waals surface area (Å²) in [6.07, 6.45) is 0.541. The van der Waals surface area contributed by atoms with Gasteiger partial charge in [0.2, 0.25) is 12.7 Å². The average molecular weight is 359 g/mol. The van der Waals surface area contributed by atoms with Crippen LogP contribution < -0.4 is 19.7 Å². The van der Waals surface area contributed by atoms with Gasteiger partial charge in [-0.2, -0.15) is 0 Å². The first-order valence-corrected chi connectivity index (χ1v) is 8.28. The number of amides is 2. The summed E-state index contributed by atoms with van der Waals surface area (Å²) < 4.78 is 10.6. The van der Waals surface area contributed by atoms with Crippen molar-refractivity contribution in [1.29, 1.82) is 0 Å². The summed E-state index contributed by atoms with van der Waals surface area (Å²) in [6.45, 7) is 0.629. The molecule has 2 amide bonds. The van der Waals surface area contributed by atoms with Crippen LogP contribution in [-0.4, -0.2) is 31.2 Å². The first kappa shape index (κ1) is 15.8. The summed E-state index contributed by atoms with van der Waals surface area (Å²) in [6, 6.07) is 11.6. The van der Waals surface area contributed by atoms with E-state index in [0.29, 0.717) is 35.1 Å². The molecular weight excluding hydrogens is 344 g/mol. The van der Waals surface area contributed by atoms with Crippen LogP contribution in [0.5, 0.6) is 11.5 Å². The number of fused-ring (bicyclic) bond motifs is 1. The van der Waals surface area contributed by atoms with Gasteiger partial charge in [0, 0.05) is 17.3 Å². The minimum atomic E-state index is -0.568. The lowest BCUT2D eigenvalue weighted by Gasteiger charge is -2.17. The first-order chi connectivity index (χ1) is 12.1. The zero-order valence-electron chi connectivity index (χ0n) is 13.2. The van der Waals surface area contributed by atoms with Crippen LogP contribution in [-0.2, 0) is 4.79 Å². The molecule has 7 heteroatoms. The summed E-state index contributed by atoms with van der Waals surface area (Å²) >= 11 is 5.88. The molecule has 0 saturated carbocycles. The normalized spacial score (nSPS) is 18.5. The lowest BCUT2D eigenvalue weighted by atomic mass is 10.1. The zero-order valence-corrected chi connectivity index (χ0v) is 14.0. The van der Waals surface area contributed by atoms with Crippen LogP contribution >= 0.6 is 11.6 Å². The predicted molar refractivity (Wildman–Crippen MR) is 92.2 cm³/mol. The number of para-hydroxylation sites is 1. The number of benzene rings is 2. The highest BCUT2D eigenvalue weighted by Crippen LogP contribution is 2.35. The fourth-order valence-electron chi connectivity index (χ4n) is 3.04. The Hall–Kier alpha value is -2.73. The van der Waals surface area contributed by atoms with E-state index < -0.39 is 6.04 Å². The molecule has 2 aliphatic heterocycles. The van der Waals surface area contributed by atoms with Gasteiger partial charge in [-0.3, -0.25) is 9.59 Å². The summed E-state index contributed by atoms with van der Waals surface area (Å²) in [5, 5.41) is 3.41. The highest BCUT2D eigenvalue weighted by molar-refractivity contribution is 6.30. The number of rotatable bonds is 3. The van der Waals surface area contributed by atoms with Gasteiger partial charge in [0.15, 0.2) is 11.5 Å². The third-order valence-corrected chi connectivity index (χ3v) is 4.54. The second kappa shape index (κ2) is 6.29. The Labute approximate surface area is 149 Å². The molecule has 0 aromatic heterocycles. The highest BCUT2D eigenvalue weighted by atomic mass is 35.5. The van der Waals surface area contributed by atoms with E-state index in [4.69, 9.17) is 21.1 Å². The van der Waals surface area contributed by atoms with Crippen LogP contribution in [0.3, 0.4) is 0 Å². The Morgan fingerprint density at radius 3 is 2.76 bits per heavy atom. The highest BCUT2D eigenvalue weighted by Gasteiger charge is 2.34. The molecule has 2 aromatic rings. The van der Waals surface area contributed by atoms with Crippen molar-refractivity contribution in [1.82, 2.24) is 5.32 Å². The molecule has 2 aromatic carbocycles. The molecule has 1 N–H and O–H groups in total. The number of carbonyl (C=O) groups is 2. The summed E-state index contributed by atoms with van der Waals surface area (Å²) in [7, 11) is 0. The lowest BCUT2D eigenvalue weighted by molar-refractivity contribution is -0.118. The van der Waals surface area contributed by atoms with Crippen molar-refractivity contribution in [3.8, 4) is 11.5 Å². The lowest BCUT2D eigenvalue weighted by Crippen LogP contribution is -2.41. The number of anilines is 1. The number of ether oxygens (including phenoxy) is 2. The third-order valence-electron chi connectivity index (χ3n) is 4.29. The molecule has 4 rings (SSSR count). The Morgan fingerprint density at radius 2 is 1.96 bits per heavy atom. The topological polar surface area (TPSA) is 67.9 Å². The van der Waals surface area contributed by atoms with Crippen molar-refractivity contribution in [2.45, 2.75) is 12.5 Å². The van der Waals surface area contributed by atoms with E-state index in [1.54, 1.807) is 47.4 Å². The van der Waals surface area contributed by atoms with Gasteiger partial charge in [-0.05, 0) is 42.8 Å². The molecule has 0 aliphatic carbocycles. The molecule has 0 radical (unpaired) electrons. The van der Waals surface area contributed by atoms with Crippen molar-refractivity contribution in [3.63, 3.8) is 0 Å². The smallest absolute Gasteiger partial charge is 0.255 e. The largest absolute Gasteiger partial charge is 0.454 e. The van der Waals surface area contributed by atoms with E-state index in [2.05, 4.69) is 5.32 Å². The molecule has 2 heterocycles. The maximum absolute atomic E-state index is 12.6. The predicted octanol–water partition coefficient (Wildman–Crippen LogP) is 2.60. The van der Waals surface area contributed by atoms with Gasteiger partial charge in [0.05, 0.1) is 5.56 Å². The van der Waals surface area contributed by atoms with Crippen LogP contribution in [0.4, 0.5) is 5.69 Å². The standard InChI is InChI=1S/C18H15ClN2O4/c19-11-4-6-12(7-5-11)21-9-8-14(18(21)23)20-17(22)13-2-1-3-15-16(13)25-10-24-15/h1-7,14H,8-10H2,(H,20,22). The second-order valence-corrected chi connectivity index (χ2v) is 6.26. The third kappa shape index (κ3) is 2.89. The van der Waals surface area contributed by atoms with Gasteiger partial charge in [-0.25, -0.2) is 0 Å². The van der Waals surface area contributed by atoms with Crippen LogP contribution in [0.2, 0.25) is 5.02 Å². The molecule has 0 bridgehead atoms. The quantitative estimate of drug-likeness (QED) is 0.915. The van der Waals surface area contributed by atoms with Crippen LogP contribution in [0.15, 0.2) is 42.5 Å². The number of hydrogen-bond acceptors (Lipinski definition) is 4. The Bertz CT molecular complexity index is 837. The molecule has 1 atom stereocenters. The van der Waals surface area contributed by atoms with E-state index in [0.717, 1.165) is 5.69 Å². The number of hydrogen-bond donors (Lipinski definition) is 1. The summed E-state index contributed by atoms with van der Waals surface area (Å²) in [4.78, 5) is 26.8. The zero-order chi connectivity index (χ0) is 17.4. The maximum atomic E-state index is 12.6. The Kier molecular flexibility index (Phi) is 3.97. The van der Waals surface area contributed by atoms with Crippen molar-refractivity contribution in [2.75, 3.05) is 18.2 Å². The monoisotopic (exact) mass is 358 g/mol. The van der Waals surface area contributed by atoms with Crippen LogP contribution in [0.25, 0.3) is 0 Å². The molecule has 2 aliphatic rings. The van der Waals surface area contributed by atoms with Gasteiger partial charge in [-0.1, -0.05) is 17.7 Å². The molecule has 1 saturated heterocycles. The summed E-state index contributed by atoms with van der Waals surface area (Å²) in [5.74, 6) is 0.465. The molecule has 0 spiro atoms. The molecule has 1 fully saturated rings. The van der Waals surface area contributed by atoms with Crippen molar-refractivity contribution >= 4 is 29.1 Å².